The van der Waals surface area contributed by atoms with Gasteiger partial charge in [0.15, 0.2) is 0 Å². The summed E-state index contributed by atoms with van der Waals surface area (Å²) in [6.45, 7) is 2.95. The van der Waals surface area contributed by atoms with E-state index in [1.165, 1.54) is 9.09 Å². The summed E-state index contributed by atoms with van der Waals surface area (Å²) in [6.07, 6.45) is 2.37. The average molecular weight is 391 g/mol. The maximum absolute atomic E-state index is 6.08. The number of ether oxygens (including phenoxy) is 1. The van der Waals surface area contributed by atoms with Gasteiger partial charge in [-0.25, -0.2) is 4.98 Å². The van der Waals surface area contributed by atoms with Crippen molar-refractivity contribution in [2.75, 3.05) is 6.61 Å². The van der Waals surface area contributed by atoms with E-state index in [-0.39, 0.29) is 0 Å². The van der Waals surface area contributed by atoms with Gasteiger partial charge >= 0.3 is 0 Å². The number of benzene rings is 1. The van der Waals surface area contributed by atoms with E-state index < -0.39 is 0 Å². The van der Waals surface area contributed by atoms with Crippen LogP contribution in [0, 0.1) is 3.57 Å². The molecular weight excluding hydrogens is 375 g/mol. The van der Waals surface area contributed by atoms with Crippen LogP contribution in [0.15, 0.2) is 18.2 Å². The molecule has 0 spiro atoms. The smallest absolute Gasteiger partial charge is 0.125 e. The van der Waals surface area contributed by atoms with Gasteiger partial charge in [0.2, 0.25) is 0 Å². The summed E-state index contributed by atoms with van der Waals surface area (Å²) in [6, 6.07) is 6.84. The van der Waals surface area contributed by atoms with Crippen molar-refractivity contribution in [1.82, 2.24) is 9.55 Å². The first-order chi connectivity index (χ1) is 9.19. The van der Waals surface area contributed by atoms with Crippen LogP contribution in [0.3, 0.4) is 0 Å². The minimum Gasteiger partial charge on any atom is -0.378 e. The standard InChI is InChI=1S/C14H16ClIN2O/c1-9-6-11(4-5-19-9)18-13-3-2-10(16)7-12(13)17-14(18)8-15/h2-3,7,9,11H,4-6,8H2,1H3. The Morgan fingerprint density at radius 2 is 2.37 bits per heavy atom. The lowest BCUT2D eigenvalue weighted by molar-refractivity contribution is 0.00633. The van der Waals surface area contributed by atoms with Crippen molar-refractivity contribution in [3.63, 3.8) is 0 Å². The molecular formula is C14H16ClIN2O. The van der Waals surface area contributed by atoms with Crippen molar-refractivity contribution >= 4 is 45.2 Å². The highest BCUT2D eigenvalue weighted by Crippen LogP contribution is 2.31. The van der Waals surface area contributed by atoms with E-state index >= 15 is 0 Å². The molecule has 1 fully saturated rings. The molecule has 5 heteroatoms. The summed E-state index contributed by atoms with van der Waals surface area (Å²) >= 11 is 8.40. The maximum atomic E-state index is 6.08. The fourth-order valence-electron chi connectivity index (χ4n) is 2.83. The van der Waals surface area contributed by atoms with Gasteiger partial charge in [-0.3, -0.25) is 0 Å². The number of halogens is 2. The van der Waals surface area contributed by atoms with Gasteiger partial charge in [-0.05, 0) is 60.6 Å². The minimum atomic E-state index is 0.309. The Bertz CT molecular complexity index is 598. The van der Waals surface area contributed by atoms with Gasteiger partial charge in [0.05, 0.1) is 23.0 Å². The molecule has 0 saturated carbocycles. The van der Waals surface area contributed by atoms with Gasteiger partial charge in [0.1, 0.15) is 5.82 Å². The van der Waals surface area contributed by atoms with Gasteiger partial charge in [-0.1, -0.05) is 0 Å². The molecule has 1 aliphatic heterocycles. The van der Waals surface area contributed by atoms with Crippen LogP contribution >= 0.6 is 34.2 Å². The molecule has 1 aliphatic rings. The van der Waals surface area contributed by atoms with Crippen molar-refractivity contribution in [2.45, 2.75) is 37.8 Å². The summed E-state index contributed by atoms with van der Waals surface area (Å²) in [5.74, 6) is 1.43. The highest BCUT2D eigenvalue weighted by molar-refractivity contribution is 14.1. The summed E-state index contributed by atoms with van der Waals surface area (Å²) in [5, 5.41) is 0. The number of aromatic nitrogens is 2. The van der Waals surface area contributed by atoms with Crippen molar-refractivity contribution in [2.24, 2.45) is 0 Å². The first kappa shape index (κ1) is 13.6. The molecule has 3 rings (SSSR count). The highest BCUT2D eigenvalue weighted by atomic mass is 127. The van der Waals surface area contributed by atoms with Crippen LogP contribution in [0.2, 0.25) is 0 Å². The number of rotatable bonds is 2. The molecule has 1 aromatic carbocycles. The molecule has 1 aromatic heterocycles. The molecule has 102 valence electrons. The second-order valence-corrected chi connectivity index (χ2v) is 6.54. The van der Waals surface area contributed by atoms with Crippen LogP contribution < -0.4 is 0 Å². The second-order valence-electron chi connectivity index (χ2n) is 5.02. The average Bonchev–Trinajstić information content (AvgIpc) is 2.76. The third kappa shape index (κ3) is 2.62. The SMILES string of the molecule is CC1CC(n2c(CCl)nc3cc(I)ccc32)CCO1. The fraction of sp³-hybridized carbons (Fsp3) is 0.500. The van der Waals surface area contributed by atoms with Crippen LogP contribution in [0.1, 0.15) is 31.6 Å². The van der Waals surface area contributed by atoms with E-state index in [1.54, 1.807) is 0 Å². The lowest BCUT2D eigenvalue weighted by Crippen LogP contribution is -2.26. The molecule has 2 unspecified atom stereocenters. The minimum absolute atomic E-state index is 0.309. The zero-order chi connectivity index (χ0) is 13.4. The molecule has 0 amide bonds. The molecule has 0 aliphatic carbocycles. The number of fused-ring (bicyclic) bond motifs is 1. The van der Waals surface area contributed by atoms with E-state index in [4.69, 9.17) is 16.3 Å². The quantitative estimate of drug-likeness (QED) is 0.570. The largest absolute Gasteiger partial charge is 0.378 e. The van der Waals surface area contributed by atoms with Crippen molar-refractivity contribution in [1.29, 1.82) is 0 Å². The molecule has 2 aromatic rings. The third-order valence-electron chi connectivity index (χ3n) is 3.67. The first-order valence-electron chi connectivity index (χ1n) is 6.53. The number of hydrogen-bond donors (Lipinski definition) is 0. The highest BCUT2D eigenvalue weighted by Gasteiger charge is 2.24. The maximum Gasteiger partial charge on any atom is 0.125 e. The Labute approximate surface area is 131 Å². The normalized spacial score (nSPS) is 23.9. The summed E-state index contributed by atoms with van der Waals surface area (Å²) < 4.78 is 9.16. The Morgan fingerprint density at radius 1 is 1.53 bits per heavy atom. The van der Waals surface area contributed by atoms with Crippen LogP contribution in [-0.4, -0.2) is 22.3 Å². The zero-order valence-electron chi connectivity index (χ0n) is 10.8. The van der Waals surface area contributed by atoms with Crippen LogP contribution in [0.5, 0.6) is 0 Å². The third-order valence-corrected chi connectivity index (χ3v) is 4.58. The van der Waals surface area contributed by atoms with Crippen molar-refractivity contribution < 1.29 is 4.74 Å². The molecule has 3 nitrogen and oxygen atoms in total. The molecule has 0 bridgehead atoms. The topological polar surface area (TPSA) is 27.1 Å². The first-order valence-corrected chi connectivity index (χ1v) is 8.14. The van der Waals surface area contributed by atoms with Gasteiger partial charge in [0, 0.05) is 16.2 Å². The lowest BCUT2D eigenvalue weighted by Gasteiger charge is -2.29. The monoisotopic (exact) mass is 390 g/mol. The van der Waals surface area contributed by atoms with E-state index in [9.17, 15) is 0 Å². The molecule has 0 radical (unpaired) electrons. The van der Waals surface area contributed by atoms with E-state index in [0.717, 1.165) is 30.8 Å². The van der Waals surface area contributed by atoms with Crippen LogP contribution in [0.4, 0.5) is 0 Å². The van der Waals surface area contributed by atoms with Gasteiger partial charge < -0.3 is 9.30 Å². The lowest BCUT2D eigenvalue weighted by atomic mass is 10.0. The predicted octanol–water partition coefficient (Wildman–Crippen LogP) is 4.12. The van der Waals surface area contributed by atoms with Gasteiger partial charge in [-0.15, -0.1) is 11.6 Å². The predicted molar refractivity (Wildman–Crippen MR) is 85.7 cm³/mol. The Balaban J connectivity index is 2.10. The van der Waals surface area contributed by atoms with Crippen LogP contribution in [-0.2, 0) is 10.6 Å². The number of hydrogen-bond acceptors (Lipinski definition) is 2. The fourth-order valence-corrected chi connectivity index (χ4v) is 3.50. The second kappa shape index (κ2) is 5.58. The van der Waals surface area contributed by atoms with Crippen molar-refractivity contribution in [3.05, 3.63) is 27.6 Å². The summed E-state index contributed by atoms with van der Waals surface area (Å²) in [7, 11) is 0. The molecule has 19 heavy (non-hydrogen) atoms. The molecule has 2 heterocycles. The van der Waals surface area contributed by atoms with Crippen LogP contribution in [0.25, 0.3) is 11.0 Å². The van der Waals surface area contributed by atoms with Gasteiger partial charge in [0.25, 0.3) is 0 Å². The Kier molecular flexibility index (Phi) is 4.01. The molecule has 0 N–H and O–H groups in total. The Morgan fingerprint density at radius 3 is 3.11 bits per heavy atom. The van der Waals surface area contributed by atoms with E-state index in [0.29, 0.717) is 18.0 Å². The summed E-state index contributed by atoms with van der Waals surface area (Å²) in [5.41, 5.74) is 2.23. The van der Waals surface area contributed by atoms with E-state index in [2.05, 4.69) is 57.3 Å². The van der Waals surface area contributed by atoms with Gasteiger partial charge in [-0.2, -0.15) is 0 Å². The molecule has 2 atom stereocenters. The van der Waals surface area contributed by atoms with Crippen molar-refractivity contribution in [3.8, 4) is 0 Å². The van der Waals surface area contributed by atoms with E-state index in [1.807, 2.05) is 0 Å². The Hall–Kier alpha value is -0.330. The number of nitrogens with zero attached hydrogens (tertiary/aromatic N) is 2. The summed E-state index contributed by atoms with van der Waals surface area (Å²) in [4.78, 5) is 4.68. The number of alkyl halides is 1. The number of imidazole rings is 1. The zero-order valence-corrected chi connectivity index (χ0v) is 13.7. The molecule has 1 saturated heterocycles.